The molecule has 82 valence electrons. The maximum Gasteiger partial charge on any atom is 0.0709 e. The van der Waals surface area contributed by atoms with Crippen molar-refractivity contribution in [2.24, 2.45) is 0 Å². The molecule has 1 atom stereocenters. The van der Waals surface area contributed by atoms with Gasteiger partial charge in [0.2, 0.25) is 0 Å². The minimum Gasteiger partial charge on any atom is -0.378 e. The van der Waals surface area contributed by atoms with Crippen molar-refractivity contribution < 1.29 is 9.47 Å². The van der Waals surface area contributed by atoms with Gasteiger partial charge in [-0.05, 0) is 26.2 Å². The van der Waals surface area contributed by atoms with E-state index in [1.54, 1.807) is 0 Å². The second kappa shape index (κ2) is 3.82. The van der Waals surface area contributed by atoms with Crippen LogP contribution in [0.5, 0.6) is 0 Å². The zero-order valence-corrected chi connectivity index (χ0v) is 9.47. The Balaban J connectivity index is 2.04. The molecule has 0 aromatic rings. The first-order chi connectivity index (χ1) is 6.68. The van der Waals surface area contributed by atoms with E-state index < -0.39 is 0 Å². The quantitative estimate of drug-likeness (QED) is 0.645. The predicted octanol–water partition coefficient (Wildman–Crippen LogP) is 2.90. The maximum absolute atomic E-state index is 6.02. The highest BCUT2D eigenvalue weighted by molar-refractivity contribution is 4.95. The average Bonchev–Trinajstić information content (AvgIpc) is 2.19. The molecule has 2 fully saturated rings. The van der Waals surface area contributed by atoms with Crippen LogP contribution >= 0.6 is 0 Å². The van der Waals surface area contributed by atoms with Gasteiger partial charge in [0.25, 0.3) is 0 Å². The molecule has 0 aromatic carbocycles. The normalized spacial score (nSPS) is 37.3. The summed E-state index contributed by atoms with van der Waals surface area (Å²) in [5, 5.41) is 0. The Labute approximate surface area is 87.0 Å². The van der Waals surface area contributed by atoms with E-state index in [0.717, 1.165) is 19.4 Å². The lowest BCUT2D eigenvalue weighted by Crippen LogP contribution is -2.49. The lowest BCUT2D eigenvalue weighted by atomic mass is 9.75. The van der Waals surface area contributed by atoms with E-state index in [9.17, 15) is 0 Å². The Kier molecular flexibility index (Phi) is 2.85. The van der Waals surface area contributed by atoms with Crippen molar-refractivity contribution >= 4 is 0 Å². The number of rotatable bonds is 1. The fourth-order valence-corrected chi connectivity index (χ4v) is 3.00. The van der Waals surface area contributed by atoms with Crippen LogP contribution < -0.4 is 0 Å². The van der Waals surface area contributed by atoms with E-state index in [4.69, 9.17) is 9.47 Å². The van der Waals surface area contributed by atoms with E-state index in [1.165, 1.54) is 32.1 Å². The molecule has 2 nitrogen and oxygen atoms in total. The van der Waals surface area contributed by atoms with E-state index in [0.29, 0.717) is 0 Å². The van der Waals surface area contributed by atoms with Crippen LogP contribution in [-0.2, 0) is 9.47 Å². The first kappa shape index (κ1) is 10.4. The highest BCUT2D eigenvalue weighted by Crippen LogP contribution is 2.43. The lowest BCUT2D eigenvalue weighted by Gasteiger charge is -2.47. The highest BCUT2D eigenvalue weighted by atomic mass is 16.5. The van der Waals surface area contributed by atoms with Crippen LogP contribution in [0.3, 0.4) is 0 Å². The van der Waals surface area contributed by atoms with Crippen molar-refractivity contribution in [3.05, 3.63) is 0 Å². The van der Waals surface area contributed by atoms with Gasteiger partial charge in [-0.3, -0.25) is 0 Å². The minimum atomic E-state index is 0.0651. The molecular formula is C12H22O2. The zero-order chi connectivity index (χ0) is 10.1. The van der Waals surface area contributed by atoms with Crippen LogP contribution in [0.4, 0.5) is 0 Å². The first-order valence-electron chi connectivity index (χ1n) is 5.87. The molecule has 1 aliphatic heterocycles. The van der Waals surface area contributed by atoms with Crippen molar-refractivity contribution in [3.8, 4) is 0 Å². The molecule has 2 aliphatic rings. The molecule has 14 heavy (non-hydrogen) atoms. The number of hydrogen-bond acceptors (Lipinski definition) is 2. The van der Waals surface area contributed by atoms with Crippen molar-refractivity contribution in [3.63, 3.8) is 0 Å². The molecule has 1 spiro atoms. The summed E-state index contributed by atoms with van der Waals surface area (Å²) in [7, 11) is 1.84. The predicted molar refractivity (Wildman–Crippen MR) is 56.4 cm³/mol. The second-order valence-electron chi connectivity index (χ2n) is 5.17. The third-order valence-corrected chi connectivity index (χ3v) is 3.99. The monoisotopic (exact) mass is 198 g/mol. The Morgan fingerprint density at radius 2 is 1.79 bits per heavy atom. The molecule has 2 rings (SSSR count). The van der Waals surface area contributed by atoms with Gasteiger partial charge in [-0.1, -0.05) is 19.3 Å². The SMILES string of the molecule is COC1(C)CCOC2(CCCCC2)C1. The molecule has 0 N–H and O–H groups in total. The molecule has 0 bridgehead atoms. The number of methoxy groups -OCH3 is 1. The molecule has 1 aliphatic carbocycles. The summed E-state index contributed by atoms with van der Waals surface area (Å²) in [6.45, 7) is 3.11. The molecule has 1 heterocycles. The van der Waals surface area contributed by atoms with E-state index in [1.807, 2.05) is 7.11 Å². The topological polar surface area (TPSA) is 18.5 Å². The molecule has 0 radical (unpaired) electrons. The fourth-order valence-electron chi connectivity index (χ4n) is 3.00. The lowest BCUT2D eigenvalue weighted by molar-refractivity contribution is -0.177. The second-order valence-corrected chi connectivity index (χ2v) is 5.17. The molecule has 1 saturated carbocycles. The number of hydrogen-bond donors (Lipinski definition) is 0. The number of ether oxygens (including phenoxy) is 2. The average molecular weight is 198 g/mol. The summed E-state index contributed by atoms with van der Waals surface area (Å²) in [6, 6.07) is 0. The molecule has 0 amide bonds. The summed E-state index contributed by atoms with van der Waals surface area (Å²) >= 11 is 0. The van der Waals surface area contributed by atoms with Gasteiger partial charge in [0.05, 0.1) is 17.8 Å². The van der Waals surface area contributed by atoms with Crippen molar-refractivity contribution in [1.82, 2.24) is 0 Å². The summed E-state index contributed by atoms with van der Waals surface area (Å²) in [5.74, 6) is 0. The Morgan fingerprint density at radius 3 is 2.43 bits per heavy atom. The van der Waals surface area contributed by atoms with Crippen molar-refractivity contribution in [1.29, 1.82) is 0 Å². The first-order valence-corrected chi connectivity index (χ1v) is 5.87. The standard InChI is InChI=1S/C12H22O2/c1-11(13-2)8-9-14-12(10-11)6-4-3-5-7-12/h3-10H2,1-2H3. The van der Waals surface area contributed by atoms with Crippen LogP contribution in [0, 0.1) is 0 Å². The van der Waals surface area contributed by atoms with Crippen LogP contribution in [0.1, 0.15) is 51.9 Å². The molecule has 1 unspecified atom stereocenters. The van der Waals surface area contributed by atoms with Crippen molar-refractivity contribution in [2.75, 3.05) is 13.7 Å². The summed E-state index contributed by atoms with van der Waals surface area (Å²) in [4.78, 5) is 0. The molecule has 0 aromatic heterocycles. The van der Waals surface area contributed by atoms with Gasteiger partial charge in [0.1, 0.15) is 0 Å². The van der Waals surface area contributed by atoms with Gasteiger partial charge in [0, 0.05) is 13.5 Å². The van der Waals surface area contributed by atoms with E-state index in [2.05, 4.69) is 6.92 Å². The Morgan fingerprint density at radius 1 is 1.07 bits per heavy atom. The largest absolute Gasteiger partial charge is 0.378 e. The van der Waals surface area contributed by atoms with Gasteiger partial charge < -0.3 is 9.47 Å². The van der Waals surface area contributed by atoms with Gasteiger partial charge in [-0.15, -0.1) is 0 Å². The summed E-state index contributed by atoms with van der Waals surface area (Å²) in [6.07, 6.45) is 8.67. The van der Waals surface area contributed by atoms with Crippen LogP contribution in [0.15, 0.2) is 0 Å². The Bertz CT molecular complexity index is 191. The Hall–Kier alpha value is -0.0800. The van der Waals surface area contributed by atoms with Crippen LogP contribution in [0.25, 0.3) is 0 Å². The third kappa shape index (κ3) is 1.96. The minimum absolute atomic E-state index is 0.0651. The van der Waals surface area contributed by atoms with Gasteiger partial charge in [0.15, 0.2) is 0 Å². The smallest absolute Gasteiger partial charge is 0.0709 e. The third-order valence-electron chi connectivity index (χ3n) is 3.99. The fraction of sp³-hybridized carbons (Fsp3) is 1.00. The molecule has 2 heteroatoms. The van der Waals surface area contributed by atoms with Gasteiger partial charge in [-0.25, -0.2) is 0 Å². The highest BCUT2D eigenvalue weighted by Gasteiger charge is 2.43. The van der Waals surface area contributed by atoms with E-state index in [-0.39, 0.29) is 11.2 Å². The van der Waals surface area contributed by atoms with Crippen molar-refractivity contribution in [2.45, 2.75) is 63.1 Å². The van der Waals surface area contributed by atoms with Crippen LogP contribution in [-0.4, -0.2) is 24.9 Å². The van der Waals surface area contributed by atoms with Gasteiger partial charge >= 0.3 is 0 Å². The zero-order valence-electron chi connectivity index (χ0n) is 9.47. The molecule has 1 saturated heterocycles. The van der Waals surface area contributed by atoms with Gasteiger partial charge in [-0.2, -0.15) is 0 Å². The maximum atomic E-state index is 6.02. The molecular weight excluding hydrogens is 176 g/mol. The van der Waals surface area contributed by atoms with E-state index >= 15 is 0 Å². The summed E-state index contributed by atoms with van der Waals surface area (Å²) < 4.78 is 11.6. The summed E-state index contributed by atoms with van der Waals surface area (Å²) in [5.41, 5.74) is 0.233. The van der Waals surface area contributed by atoms with Crippen LogP contribution in [0.2, 0.25) is 0 Å².